The summed E-state index contributed by atoms with van der Waals surface area (Å²) in [6.07, 6.45) is 0. The van der Waals surface area contributed by atoms with E-state index in [-0.39, 0.29) is 16.3 Å². The van der Waals surface area contributed by atoms with Crippen molar-refractivity contribution in [2.75, 3.05) is 10.6 Å². The van der Waals surface area contributed by atoms with E-state index < -0.39 is 10.8 Å². The first kappa shape index (κ1) is 18.4. The zero-order valence-corrected chi connectivity index (χ0v) is 15.2. The lowest BCUT2D eigenvalue weighted by atomic mass is 10.1. The summed E-state index contributed by atoms with van der Waals surface area (Å²) in [7, 11) is 0. The molecule has 0 aromatic heterocycles. The van der Waals surface area contributed by atoms with Gasteiger partial charge in [0.05, 0.1) is 26.9 Å². The number of nitrogens with one attached hydrogen (secondary N) is 2. The molecule has 0 saturated carbocycles. The van der Waals surface area contributed by atoms with Crippen LogP contribution in [-0.4, -0.2) is 10.8 Å². The quantitative estimate of drug-likeness (QED) is 0.448. The Kier molecular flexibility index (Phi) is 5.38. The van der Waals surface area contributed by atoms with Crippen molar-refractivity contribution in [2.24, 2.45) is 0 Å². The maximum atomic E-state index is 12.6. The molecule has 27 heavy (non-hydrogen) atoms. The first-order valence-electron chi connectivity index (χ1n) is 8.12. The van der Waals surface area contributed by atoms with Crippen molar-refractivity contribution < 1.29 is 9.72 Å². The number of anilines is 3. The van der Waals surface area contributed by atoms with Crippen LogP contribution in [0.1, 0.15) is 15.9 Å². The molecule has 0 atom stereocenters. The number of rotatable bonds is 5. The van der Waals surface area contributed by atoms with Crippen molar-refractivity contribution in [3.8, 4) is 0 Å². The number of aryl methyl sites for hydroxylation is 1. The smallest absolute Gasteiger partial charge is 0.270 e. The number of non-ortho nitro benzene ring substituents is 1. The van der Waals surface area contributed by atoms with Gasteiger partial charge in [-0.3, -0.25) is 14.9 Å². The lowest BCUT2D eigenvalue weighted by molar-refractivity contribution is -0.384. The van der Waals surface area contributed by atoms with Gasteiger partial charge in [0.1, 0.15) is 0 Å². The van der Waals surface area contributed by atoms with E-state index in [0.717, 1.165) is 17.3 Å². The highest BCUT2D eigenvalue weighted by Crippen LogP contribution is 2.28. The van der Waals surface area contributed by atoms with E-state index >= 15 is 0 Å². The van der Waals surface area contributed by atoms with Gasteiger partial charge in [-0.25, -0.2) is 0 Å². The van der Waals surface area contributed by atoms with Crippen LogP contribution in [0.5, 0.6) is 0 Å². The van der Waals surface area contributed by atoms with Gasteiger partial charge >= 0.3 is 0 Å². The van der Waals surface area contributed by atoms with Gasteiger partial charge in [-0.15, -0.1) is 0 Å². The standard InChI is InChI=1S/C20H16ClN3O3/c1-13-6-8-14(9-7-13)22-18-4-2-3-5-19(18)23-20(25)16-12-15(24(26)27)10-11-17(16)21/h2-12,22H,1H3,(H,23,25). The molecule has 0 bridgehead atoms. The first-order chi connectivity index (χ1) is 12.9. The monoisotopic (exact) mass is 381 g/mol. The van der Waals surface area contributed by atoms with Gasteiger partial charge in [-0.05, 0) is 37.3 Å². The predicted molar refractivity (Wildman–Crippen MR) is 107 cm³/mol. The molecule has 1 amide bonds. The zero-order chi connectivity index (χ0) is 19.4. The number of nitro groups is 1. The van der Waals surface area contributed by atoms with E-state index in [4.69, 9.17) is 11.6 Å². The van der Waals surface area contributed by atoms with Crippen LogP contribution in [0, 0.1) is 17.0 Å². The molecular weight excluding hydrogens is 366 g/mol. The average Bonchev–Trinajstić information content (AvgIpc) is 2.65. The summed E-state index contributed by atoms with van der Waals surface area (Å²) in [4.78, 5) is 23.0. The molecule has 0 aliphatic rings. The molecule has 0 saturated heterocycles. The van der Waals surface area contributed by atoms with Crippen LogP contribution >= 0.6 is 11.6 Å². The van der Waals surface area contributed by atoms with Crippen LogP contribution in [0.15, 0.2) is 66.7 Å². The van der Waals surface area contributed by atoms with E-state index in [1.807, 2.05) is 43.3 Å². The van der Waals surface area contributed by atoms with Crippen LogP contribution in [0.2, 0.25) is 5.02 Å². The number of hydrogen-bond donors (Lipinski definition) is 2. The fourth-order valence-corrected chi connectivity index (χ4v) is 2.69. The number of benzene rings is 3. The van der Waals surface area contributed by atoms with Crippen LogP contribution in [0.3, 0.4) is 0 Å². The number of nitrogens with zero attached hydrogens (tertiary/aromatic N) is 1. The van der Waals surface area contributed by atoms with Crippen LogP contribution in [0.4, 0.5) is 22.7 Å². The third-order valence-electron chi connectivity index (χ3n) is 3.91. The van der Waals surface area contributed by atoms with Gasteiger partial charge in [-0.1, -0.05) is 41.4 Å². The summed E-state index contributed by atoms with van der Waals surface area (Å²) in [5.41, 5.74) is 3.08. The second-order valence-electron chi connectivity index (χ2n) is 5.91. The fourth-order valence-electron chi connectivity index (χ4n) is 2.48. The van der Waals surface area contributed by atoms with Crippen molar-refractivity contribution in [1.29, 1.82) is 0 Å². The van der Waals surface area contributed by atoms with Crippen LogP contribution < -0.4 is 10.6 Å². The van der Waals surface area contributed by atoms with Gasteiger partial charge in [0.15, 0.2) is 0 Å². The summed E-state index contributed by atoms with van der Waals surface area (Å²) >= 11 is 6.05. The van der Waals surface area contributed by atoms with Crippen molar-refractivity contribution >= 4 is 40.3 Å². The topological polar surface area (TPSA) is 84.3 Å². The Labute approximate surface area is 160 Å². The number of amides is 1. The number of hydrogen-bond acceptors (Lipinski definition) is 4. The maximum Gasteiger partial charge on any atom is 0.270 e. The van der Waals surface area contributed by atoms with Crippen molar-refractivity contribution in [3.05, 3.63) is 93.0 Å². The number of carbonyl (C=O) groups excluding carboxylic acids is 1. The average molecular weight is 382 g/mol. The van der Waals surface area contributed by atoms with E-state index in [9.17, 15) is 14.9 Å². The Morgan fingerprint density at radius 3 is 2.33 bits per heavy atom. The van der Waals surface area contributed by atoms with Crippen LogP contribution in [0.25, 0.3) is 0 Å². The van der Waals surface area contributed by atoms with Gasteiger partial charge < -0.3 is 10.6 Å². The van der Waals surface area contributed by atoms with E-state index in [0.29, 0.717) is 11.4 Å². The fraction of sp³-hybridized carbons (Fsp3) is 0.0500. The second-order valence-corrected chi connectivity index (χ2v) is 6.32. The van der Waals surface area contributed by atoms with Crippen LogP contribution in [-0.2, 0) is 0 Å². The van der Waals surface area contributed by atoms with E-state index in [1.165, 1.54) is 12.1 Å². The zero-order valence-electron chi connectivity index (χ0n) is 14.4. The van der Waals surface area contributed by atoms with Gasteiger partial charge in [0, 0.05) is 17.8 Å². The Bertz CT molecular complexity index is 1000. The molecular formula is C20H16ClN3O3. The normalized spacial score (nSPS) is 10.3. The summed E-state index contributed by atoms with van der Waals surface area (Å²) in [5, 5.41) is 17.1. The Morgan fingerprint density at radius 1 is 1.00 bits per heavy atom. The molecule has 0 spiro atoms. The number of para-hydroxylation sites is 2. The van der Waals surface area contributed by atoms with E-state index in [2.05, 4.69) is 10.6 Å². The lowest BCUT2D eigenvalue weighted by Crippen LogP contribution is -2.14. The molecule has 3 aromatic rings. The summed E-state index contributed by atoms with van der Waals surface area (Å²) < 4.78 is 0. The Balaban J connectivity index is 1.86. The van der Waals surface area contributed by atoms with Gasteiger partial charge in [0.25, 0.3) is 11.6 Å². The second kappa shape index (κ2) is 7.88. The summed E-state index contributed by atoms with van der Waals surface area (Å²) in [5.74, 6) is -0.526. The molecule has 0 aliphatic heterocycles. The molecule has 0 aliphatic carbocycles. The minimum Gasteiger partial charge on any atom is -0.354 e. The minimum atomic E-state index is -0.569. The predicted octanol–water partition coefficient (Wildman–Crippen LogP) is 5.55. The third kappa shape index (κ3) is 4.43. The third-order valence-corrected chi connectivity index (χ3v) is 4.24. The molecule has 2 N–H and O–H groups in total. The summed E-state index contributed by atoms with van der Waals surface area (Å²) in [6, 6.07) is 18.8. The highest BCUT2D eigenvalue weighted by atomic mass is 35.5. The molecule has 0 fully saturated rings. The van der Waals surface area contributed by atoms with Gasteiger partial charge in [-0.2, -0.15) is 0 Å². The number of halogens is 1. The van der Waals surface area contributed by atoms with Crippen molar-refractivity contribution in [2.45, 2.75) is 6.92 Å². The summed E-state index contributed by atoms with van der Waals surface area (Å²) in [6.45, 7) is 2.00. The Morgan fingerprint density at radius 2 is 1.67 bits per heavy atom. The molecule has 0 heterocycles. The first-order valence-corrected chi connectivity index (χ1v) is 8.50. The largest absolute Gasteiger partial charge is 0.354 e. The molecule has 6 nitrogen and oxygen atoms in total. The maximum absolute atomic E-state index is 12.6. The number of carbonyl (C=O) groups is 1. The molecule has 0 unspecified atom stereocenters. The molecule has 136 valence electrons. The Hall–Kier alpha value is -3.38. The highest BCUT2D eigenvalue weighted by molar-refractivity contribution is 6.34. The molecule has 3 aromatic carbocycles. The SMILES string of the molecule is Cc1ccc(Nc2ccccc2NC(=O)c2cc([N+](=O)[O-])ccc2Cl)cc1. The molecule has 3 rings (SSSR count). The lowest BCUT2D eigenvalue weighted by Gasteiger charge is -2.14. The molecule has 0 radical (unpaired) electrons. The number of nitro benzene ring substituents is 1. The van der Waals surface area contributed by atoms with Gasteiger partial charge in [0.2, 0.25) is 0 Å². The highest BCUT2D eigenvalue weighted by Gasteiger charge is 2.17. The van der Waals surface area contributed by atoms with E-state index in [1.54, 1.807) is 12.1 Å². The minimum absolute atomic E-state index is 0.0380. The van der Waals surface area contributed by atoms with Crippen molar-refractivity contribution in [1.82, 2.24) is 0 Å². The van der Waals surface area contributed by atoms with Crippen molar-refractivity contribution in [3.63, 3.8) is 0 Å². The molecule has 7 heteroatoms.